The molecule has 0 aromatic carbocycles. The van der Waals surface area contributed by atoms with Crippen LogP contribution in [-0.4, -0.2) is 42.5 Å². The molecule has 3 aliphatic rings. The van der Waals surface area contributed by atoms with E-state index in [0.29, 0.717) is 18.0 Å². The molecule has 0 radical (unpaired) electrons. The lowest BCUT2D eigenvalue weighted by Gasteiger charge is -2.42. The van der Waals surface area contributed by atoms with Crippen molar-refractivity contribution in [3.8, 4) is 0 Å². The molecule has 0 bridgehead atoms. The lowest BCUT2D eigenvalue weighted by Crippen LogP contribution is -2.52. The highest BCUT2D eigenvalue weighted by Crippen LogP contribution is 2.36. The van der Waals surface area contributed by atoms with Crippen LogP contribution < -0.4 is 11.1 Å². The highest BCUT2D eigenvalue weighted by molar-refractivity contribution is 5.82. The standard InChI is InChI=1S/C13H23N3O/c14-7-9-3-1-5-11(9)16-6-2-4-10-12(16)8-15-13(10)17/h9-12H,1-8,14H2,(H,15,17). The largest absolute Gasteiger partial charge is 0.354 e. The van der Waals surface area contributed by atoms with E-state index in [2.05, 4.69) is 10.2 Å². The first kappa shape index (κ1) is 11.5. The first-order valence-corrected chi connectivity index (χ1v) is 7.05. The van der Waals surface area contributed by atoms with Crippen molar-refractivity contribution in [1.82, 2.24) is 10.2 Å². The summed E-state index contributed by atoms with van der Waals surface area (Å²) in [5.41, 5.74) is 5.89. The maximum atomic E-state index is 11.8. The molecule has 4 heteroatoms. The van der Waals surface area contributed by atoms with Gasteiger partial charge in [0.05, 0.1) is 5.92 Å². The molecule has 2 aliphatic heterocycles. The number of fused-ring (bicyclic) bond motifs is 1. The van der Waals surface area contributed by atoms with E-state index in [9.17, 15) is 4.79 Å². The van der Waals surface area contributed by atoms with Gasteiger partial charge in [0.15, 0.2) is 0 Å². The Kier molecular flexibility index (Phi) is 3.09. The van der Waals surface area contributed by atoms with E-state index in [0.717, 1.165) is 26.1 Å². The summed E-state index contributed by atoms with van der Waals surface area (Å²) in [7, 11) is 0. The molecule has 1 amide bonds. The summed E-state index contributed by atoms with van der Waals surface area (Å²) < 4.78 is 0. The topological polar surface area (TPSA) is 58.4 Å². The first-order chi connectivity index (χ1) is 8.31. The fourth-order valence-corrected chi connectivity index (χ4v) is 4.13. The van der Waals surface area contributed by atoms with Crippen LogP contribution in [0.15, 0.2) is 0 Å². The average Bonchev–Trinajstić information content (AvgIpc) is 2.96. The third kappa shape index (κ3) is 1.87. The van der Waals surface area contributed by atoms with Crippen molar-refractivity contribution in [3.05, 3.63) is 0 Å². The Labute approximate surface area is 103 Å². The number of hydrogen-bond acceptors (Lipinski definition) is 3. The molecule has 0 aromatic rings. The van der Waals surface area contributed by atoms with Crippen molar-refractivity contribution in [2.45, 2.75) is 44.2 Å². The summed E-state index contributed by atoms with van der Waals surface area (Å²) in [4.78, 5) is 14.4. The molecule has 4 nitrogen and oxygen atoms in total. The molecule has 2 heterocycles. The minimum absolute atomic E-state index is 0.253. The second-order valence-electron chi connectivity index (χ2n) is 5.79. The van der Waals surface area contributed by atoms with Gasteiger partial charge in [-0.05, 0) is 44.7 Å². The predicted molar refractivity (Wildman–Crippen MR) is 66.4 cm³/mol. The second kappa shape index (κ2) is 4.58. The third-order valence-electron chi connectivity index (χ3n) is 4.99. The van der Waals surface area contributed by atoms with Crippen molar-refractivity contribution in [3.63, 3.8) is 0 Å². The minimum atomic E-state index is 0.253. The van der Waals surface area contributed by atoms with Gasteiger partial charge < -0.3 is 11.1 Å². The van der Waals surface area contributed by atoms with Crippen molar-refractivity contribution in [2.24, 2.45) is 17.6 Å². The summed E-state index contributed by atoms with van der Waals surface area (Å²) in [6.45, 7) is 2.83. The number of carbonyl (C=O) groups is 1. The Hall–Kier alpha value is -0.610. The molecule has 3 N–H and O–H groups in total. The fraction of sp³-hybridized carbons (Fsp3) is 0.923. The van der Waals surface area contributed by atoms with Crippen LogP contribution in [0.1, 0.15) is 32.1 Å². The molecule has 0 spiro atoms. The maximum absolute atomic E-state index is 11.8. The highest BCUT2D eigenvalue weighted by atomic mass is 16.2. The van der Waals surface area contributed by atoms with Crippen LogP contribution in [0.4, 0.5) is 0 Å². The Morgan fingerprint density at radius 1 is 1.24 bits per heavy atom. The van der Waals surface area contributed by atoms with E-state index in [1.807, 2.05) is 0 Å². The number of nitrogens with zero attached hydrogens (tertiary/aromatic N) is 1. The van der Waals surface area contributed by atoms with Crippen LogP contribution in [0.2, 0.25) is 0 Å². The minimum Gasteiger partial charge on any atom is -0.354 e. The van der Waals surface area contributed by atoms with E-state index in [4.69, 9.17) is 5.73 Å². The van der Waals surface area contributed by atoms with E-state index in [1.54, 1.807) is 0 Å². The normalized spacial score (nSPS) is 42.5. The van der Waals surface area contributed by atoms with Crippen molar-refractivity contribution in [1.29, 1.82) is 0 Å². The quantitative estimate of drug-likeness (QED) is 0.727. The van der Waals surface area contributed by atoms with Crippen LogP contribution >= 0.6 is 0 Å². The fourth-order valence-electron chi connectivity index (χ4n) is 4.13. The number of likely N-dealkylation sites (tertiary alicyclic amines) is 1. The number of nitrogens with two attached hydrogens (primary N) is 1. The maximum Gasteiger partial charge on any atom is 0.224 e. The number of rotatable bonds is 2. The average molecular weight is 237 g/mol. The molecular formula is C13H23N3O. The van der Waals surface area contributed by atoms with Crippen molar-refractivity contribution >= 4 is 5.91 Å². The van der Waals surface area contributed by atoms with Crippen LogP contribution in [0.3, 0.4) is 0 Å². The predicted octanol–water partition coefficient (Wildman–Crippen LogP) is 0.324. The third-order valence-corrected chi connectivity index (χ3v) is 4.99. The molecule has 3 fully saturated rings. The number of amides is 1. The summed E-state index contributed by atoms with van der Waals surface area (Å²) in [6, 6.07) is 1.09. The Morgan fingerprint density at radius 3 is 2.94 bits per heavy atom. The molecule has 4 unspecified atom stereocenters. The molecule has 3 rings (SSSR count). The lowest BCUT2D eigenvalue weighted by atomic mass is 9.88. The Morgan fingerprint density at radius 2 is 2.12 bits per heavy atom. The van der Waals surface area contributed by atoms with E-state index in [-0.39, 0.29) is 11.8 Å². The van der Waals surface area contributed by atoms with Gasteiger partial charge in [-0.25, -0.2) is 0 Å². The molecule has 1 aliphatic carbocycles. The van der Waals surface area contributed by atoms with Gasteiger partial charge in [-0.1, -0.05) is 6.42 Å². The van der Waals surface area contributed by atoms with Gasteiger partial charge in [-0.2, -0.15) is 0 Å². The molecule has 96 valence electrons. The van der Waals surface area contributed by atoms with Crippen LogP contribution in [-0.2, 0) is 4.79 Å². The monoisotopic (exact) mass is 237 g/mol. The molecular weight excluding hydrogens is 214 g/mol. The number of nitrogens with one attached hydrogen (secondary N) is 1. The van der Waals surface area contributed by atoms with E-state index >= 15 is 0 Å². The van der Waals surface area contributed by atoms with Gasteiger partial charge in [0.2, 0.25) is 5.91 Å². The second-order valence-corrected chi connectivity index (χ2v) is 5.79. The molecule has 2 saturated heterocycles. The summed E-state index contributed by atoms with van der Waals surface area (Å²) in [6.07, 6.45) is 6.10. The Balaban J connectivity index is 1.76. The van der Waals surface area contributed by atoms with Crippen LogP contribution in [0.25, 0.3) is 0 Å². The molecule has 0 aromatic heterocycles. The lowest BCUT2D eigenvalue weighted by molar-refractivity contribution is -0.124. The van der Waals surface area contributed by atoms with Crippen molar-refractivity contribution in [2.75, 3.05) is 19.6 Å². The van der Waals surface area contributed by atoms with Crippen LogP contribution in [0, 0.1) is 11.8 Å². The molecule has 1 saturated carbocycles. The number of carbonyl (C=O) groups excluding carboxylic acids is 1. The van der Waals surface area contributed by atoms with E-state index in [1.165, 1.54) is 25.7 Å². The van der Waals surface area contributed by atoms with E-state index < -0.39 is 0 Å². The van der Waals surface area contributed by atoms with Gasteiger partial charge in [-0.3, -0.25) is 9.69 Å². The van der Waals surface area contributed by atoms with Crippen LogP contribution in [0.5, 0.6) is 0 Å². The Bertz CT molecular complexity index is 307. The van der Waals surface area contributed by atoms with Crippen molar-refractivity contribution < 1.29 is 4.79 Å². The zero-order valence-electron chi connectivity index (χ0n) is 10.4. The van der Waals surface area contributed by atoms with Gasteiger partial charge in [-0.15, -0.1) is 0 Å². The van der Waals surface area contributed by atoms with Gasteiger partial charge in [0.1, 0.15) is 0 Å². The summed E-state index contributed by atoms with van der Waals surface area (Å²) in [5.74, 6) is 1.19. The van der Waals surface area contributed by atoms with Gasteiger partial charge in [0.25, 0.3) is 0 Å². The summed E-state index contributed by atoms with van der Waals surface area (Å²) in [5, 5.41) is 3.04. The smallest absolute Gasteiger partial charge is 0.224 e. The van der Waals surface area contributed by atoms with Gasteiger partial charge in [0, 0.05) is 18.6 Å². The van der Waals surface area contributed by atoms with Gasteiger partial charge >= 0.3 is 0 Å². The SMILES string of the molecule is NCC1CCCC1N1CCCC2C(=O)NCC21. The molecule has 17 heavy (non-hydrogen) atoms. The number of piperidine rings is 1. The zero-order valence-corrected chi connectivity index (χ0v) is 10.4. The first-order valence-electron chi connectivity index (χ1n) is 7.05. The number of hydrogen-bond donors (Lipinski definition) is 2. The summed E-state index contributed by atoms with van der Waals surface area (Å²) >= 11 is 0. The highest BCUT2D eigenvalue weighted by Gasteiger charge is 2.45. The molecule has 4 atom stereocenters. The zero-order chi connectivity index (χ0) is 11.8.